The molecule has 1 aliphatic heterocycles. The second kappa shape index (κ2) is 7.30. The molecule has 2 aromatic heterocycles. The van der Waals surface area contributed by atoms with Crippen LogP contribution in [0.1, 0.15) is 15.9 Å². The standard InChI is InChI=1S/C18H19N5O4S/c1-13-5-6-14(12-15(13)28(25,26)22-8-10-27-11-9-22)17(24)19-18-21-20-16-4-2-3-7-23(16)18/h2-7,12H,8-11H2,1H3,(H,19,21,24). The van der Waals surface area contributed by atoms with Crippen LogP contribution in [-0.2, 0) is 14.8 Å². The topological polar surface area (TPSA) is 106 Å². The Hall–Kier alpha value is -2.82. The second-order valence-corrected chi connectivity index (χ2v) is 8.31. The van der Waals surface area contributed by atoms with Gasteiger partial charge in [-0.25, -0.2) is 8.42 Å². The predicted molar refractivity (Wildman–Crippen MR) is 102 cm³/mol. The van der Waals surface area contributed by atoms with Crippen molar-refractivity contribution < 1.29 is 17.9 Å². The summed E-state index contributed by atoms with van der Waals surface area (Å²) in [6, 6.07) is 10.00. The van der Waals surface area contributed by atoms with E-state index in [1.807, 2.05) is 6.07 Å². The maximum atomic E-state index is 13.0. The van der Waals surface area contributed by atoms with Gasteiger partial charge in [0.05, 0.1) is 18.1 Å². The normalized spacial score (nSPS) is 15.6. The fraction of sp³-hybridized carbons (Fsp3) is 0.278. The van der Waals surface area contributed by atoms with Gasteiger partial charge in [-0.15, -0.1) is 10.2 Å². The van der Waals surface area contributed by atoms with Gasteiger partial charge in [-0.05, 0) is 36.8 Å². The molecule has 0 bridgehead atoms. The summed E-state index contributed by atoms with van der Waals surface area (Å²) in [7, 11) is -3.71. The molecule has 1 aromatic carbocycles. The molecule has 0 spiro atoms. The van der Waals surface area contributed by atoms with Crippen LogP contribution in [-0.4, -0.2) is 59.5 Å². The molecular weight excluding hydrogens is 382 g/mol. The van der Waals surface area contributed by atoms with Crippen molar-refractivity contribution in [3.05, 3.63) is 53.7 Å². The van der Waals surface area contributed by atoms with Crippen molar-refractivity contribution >= 4 is 27.5 Å². The van der Waals surface area contributed by atoms with Crippen molar-refractivity contribution in [2.24, 2.45) is 0 Å². The zero-order valence-electron chi connectivity index (χ0n) is 15.2. The molecule has 0 atom stereocenters. The number of amides is 1. The van der Waals surface area contributed by atoms with E-state index in [0.717, 1.165) is 0 Å². The van der Waals surface area contributed by atoms with E-state index < -0.39 is 15.9 Å². The SMILES string of the molecule is Cc1ccc(C(=O)Nc2nnc3ccccn23)cc1S(=O)(=O)N1CCOCC1. The van der Waals surface area contributed by atoms with Gasteiger partial charge in [0, 0.05) is 24.8 Å². The predicted octanol–water partition coefficient (Wildman–Crippen LogP) is 1.31. The number of ether oxygens (including phenoxy) is 1. The average Bonchev–Trinajstić information content (AvgIpc) is 3.12. The van der Waals surface area contributed by atoms with Gasteiger partial charge in [-0.2, -0.15) is 4.31 Å². The number of carbonyl (C=O) groups is 1. The number of pyridine rings is 1. The highest BCUT2D eigenvalue weighted by Crippen LogP contribution is 2.23. The van der Waals surface area contributed by atoms with Gasteiger partial charge in [0.2, 0.25) is 16.0 Å². The minimum atomic E-state index is -3.71. The molecule has 0 radical (unpaired) electrons. The molecule has 0 aliphatic carbocycles. The third kappa shape index (κ3) is 3.37. The number of hydrogen-bond donors (Lipinski definition) is 1. The van der Waals surface area contributed by atoms with E-state index in [-0.39, 0.29) is 16.4 Å². The molecule has 28 heavy (non-hydrogen) atoms. The van der Waals surface area contributed by atoms with Gasteiger partial charge >= 0.3 is 0 Å². The molecule has 3 aromatic rings. The minimum Gasteiger partial charge on any atom is -0.379 e. The number of anilines is 1. The maximum absolute atomic E-state index is 13.0. The van der Waals surface area contributed by atoms with Crippen LogP contribution in [0.5, 0.6) is 0 Å². The first-order valence-electron chi connectivity index (χ1n) is 8.76. The Balaban J connectivity index is 1.63. The summed E-state index contributed by atoms with van der Waals surface area (Å²) >= 11 is 0. The number of hydrogen-bond acceptors (Lipinski definition) is 6. The fourth-order valence-corrected chi connectivity index (χ4v) is 4.70. The van der Waals surface area contributed by atoms with E-state index >= 15 is 0 Å². The van der Waals surface area contributed by atoms with Crippen molar-refractivity contribution in [2.45, 2.75) is 11.8 Å². The Morgan fingerprint density at radius 2 is 1.93 bits per heavy atom. The van der Waals surface area contributed by atoms with Crippen LogP contribution in [0.4, 0.5) is 5.95 Å². The highest BCUT2D eigenvalue weighted by Gasteiger charge is 2.28. The summed E-state index contributed by atoms with van der Waals surface area (Å²) in [5.41, 5.74) is 1.40. The van der Waals surface area contributed by atoms with E-state index in [9.17, 15) is 13.2 Å². The van der Waals surface area contributed by atoms with Gasteiger partial charge in [-0.3, -0.25) is 14.5 Å². The first kappa shape index (κ1) is 18.5. The van der Waals surface area contributed by atoms with Crippen molar-refractivity contribution in [1.82, 2.24) is 18.9 Å². The van der Waals surface area contributed by atoms with Gasteiger partial charge in [0.25, 0.3) is 5.91 Å². The van der Waals surface area contributed by atoms with E-state index in [1.54, 1.807) is 41.8 Å². The van der Waals surface area contributed by atoms with Crippen molar-refractivity contribution in [1.29, 1.82) is 0 Å². The van der Waals surface area contributed by atoms with Crippen LogP contribution in [0.25, 0.3) is 5.65 Å². The molecule has 1 saturated heterocycles. The number of aryl methyl sites for hydroxylation is 1. The van der Waals surface area contributed by atoms with Crippen LogP contribution in [0.15, 0.2) is 47.5 Å². The van der Waals surface area contributed by atoms with Crippen molar-refractivity contribution in [3.8, 4) is 0 Å². The lowest BCUT2D eigenvalue weighted by Crippen LogP contribution is -2.40. The van der Waals surface area contributed by atoms with Crippen molar-refractivity contribution in [2.75, 3.05) is 31.6 Å². The first-order valence-corrected chi connectivity index (χ1v) is 10.2. The summed E-state index contributed by atoms with van der Waals surface area (Å²) in [6.07, 6.45) is 1.73. The average molecular weight is 401 g/mol. The van der Waals surface area contributed by atoms with Crippen LogP contribution in [0, 0.1) is 6.92 Å². The van der Waals surface area contributed by atoms with Crippen molar-refractivity contribution in [3.63, 3.8) is 0 Å². The molecule has 1 aliphatic rings. The molecular formula is C18H19N5O4S. The zero-order valence-corrected chi connectivity index (χ0v) is 16.0. The Bertz CT molecular complexity index is 1140. The Labute approximate surface area is 162 Å². The fourth-order valence-electron chi connectivity index (χ4n) is 3.05. The molecule has 9 nitrogen and oxygen atoms in total. The van der Waals surface area contributed by atoms with Crippen LogP contribution < -0.4 is 5.32 Å². The third-order valence-electron chi connectivity index (χ3n) is 4.58. The lowest BCUT2D eigenvalue weighted by atomic mass is 10.1. The van der Waals surface area contributed by atoms with E-state index in [1.165, 1.54) is 10.4 Å². The lowest BCUT2D eigenvalue weighted by molar-refractivity contribution is 0.0730. The smallest absolute Gasteiger partial charge is 0.258 e. The number of carbonyl (C=O) groups excluding carboxylic acids is 1. The van der Waals surface area contributed by atoms with Gasteiger partial charge in [0.15, 0.2) is 5.65 Å². The number of morpholine rings is 1. The summed E-state index contributed by atoms with van der Waals surface area (Å²) in [5, 5.41) is 10.6. The summed E-state index contributed by atoms with van der Waals surface area (Å²) in [5.74, 6) is -0.199. The number of aromatic nitrogens is 3. The Kier molecular flexibility index (Phi) is 4.84. The molecule has 0 unspecified atom stereocenters. The zero-order chi connectivity index (χ0) is 19.7. The van der Waals surface area contributed by atoms with E-state index in [2.05, 4.69) is 15.5 Å². The van der Waals surface area contributed by atoms with Crippen LogP contribution >= 0.6 is 0 Å². The van der Waals surface area contributed by atoms with Gasteiger partial charge < -0.3 is 4.74 Å². The molecule has 0 saturated carbocycles. The van der Waals surface area contributed by atoms with E-state index in [0.29, 0.717) is 37.5 Å². The number of nitrogens with zero attached hydrogens (tertiary/aromatic N) is 4. The molecule has 1 N–H and O–H groups in total. The summed E-state index contributed by atoms with van der Waals surface area (Å²) in [6.45, 7) is 3.02. The quantitative estimate of drug-likeness (QED) is 0.707. The monoisotopic (exact) mass is 401 g/mol. The molecule has 1 fully saturated rings. The van der Waals surface area contributed by atoms with E-state index in [4.69, 9.17) is 4.74 Å². The maximum Gasteiger partial charge on any atom is 0.258 e. The number of nitrogens with one attached hydrogen (secondary N) is 1. The minimum absolute atomic E-state index is 0.119. The second-order valence-electron chi connectivity index (χ2n) is 6.40. The largest absolute Gasteiger partial charge is 0.379 e. The highest BCUT2D eigenvalue weighted by molar-refractivity contribution is 7.89. The number of rotatable bonds is 4. The Morgan fingerprint density at radius 1 is 1.14 bits per heavy atom. The van der Waals surface area contributed by atoms with Crippen LogP contribution in [0.2, 0.25) is 0 Å². The third-order valence-corrected chi connectivity index (χ3v) is 6.62. The molecule has 146 valence electrons. The van der Waals surface area contributed by atoms with Crippen LogP contribution in [0.3, 0.4) is 0 Å². The number of benzene rings is 1. The highest BCUT2D eigenvalue weighted by atomic mass is 32.2. The Morgan fingerprint density at radius 3 is 2.71 bits per heavy atom. The van der Waals surface area contributed by atoms with Gasteiger partial charge in [-0.1, -0.05) is 12.1 Å². The number of fused-ring (bicyclic) bond motifs is 1. The molecule has 3 heterocycles. The number of sulfonamides is 1. The first-order chi connectivity index (χ1) is 13.5. The molecule has 1 amide bonds. The van der Waals surface area contributed by atoms with Gasteiger partial charge in [0.1, 0.15) is 0 Å². The molecule has 10 heteroatoms. The lowest BCUT2D eigenvalue weighted by Gasteiger charge is -2.26. The molecule has 4 rings (SSSR count). The summed E-state index contributed by atoms with van der Waals surface area (Å²) < 4.78 is 34.2. The summed E-state index contributed by atoms with van der Waals surface area (Å²) in [4.78, 5) is 12.8.